The van der Waals surface area contributed by atoms with Gasteiger partial charge in [0.2, 0.25) is 0 Å². The third-order valence-corrected chi connectivity index (χ3v) is 9.04. The normalized spacial score (nSPS) is 15.2. The van der Waals surface area contributed by atoms with Gasteiger partial charge in [-0.3, -0.25) is 0 Å². The van der Waals surface area contributed by atoms with Crippen molar-refractivity contribution in [2.75, 3.05) is 4.90 Å². The third kappa shape index (κ3) is 3.39. The van der Waals surface area contributed by atoms with Gasteiger partial charge in [0.05, 0.1) is 0 Å². The van der Waals surface area contributed by atoms with Crippen molar-refractivity contribution in [1.29, 1.82) is 0 Å². The second-order valence-corrected chi connectivity index (χ2v) is 11.9. The lowest BCUT2D eigenvalue weighted by molar-refractivity contribution is 0.660. The first-order chi connectivity index (χ1) is 18.8. The Morgan fingerprint density at radius 2 is 0.897 bits per heavy atom. The summed E-state index contributed by atoms with van der Waals surface area (Å²) in [6.45, 7) is 13.3. The van der Waals surface area contributed by atoms with Gasteiger partial charge in [-0.1, -0.05) is 113 Å². The molecule has 2 aliphatic carbocycles. The Hall–Kier alpha value is -4.36. The largest absolute Gasteiger partial charge is 0.310 e. The van der Waals surface area contributed by atoms with Crippen LogP contribution in [0.25, 0.3) is 28.3 Å². The first kappa shape index (κ1) is 23.7. The summed E-state index contributed by atoms with van der Waals surface area (Å²) in [7, 11) is 0. The monoisotopic (exact) mass is 503 g/mol. The van der Waals surface area contributed by atoms with Crippen LogP contribution in [0.3, 0.4) is 0 Å². The molecule has 7 rings (SSSR count). The van der Waals surface area contributed by atoms with Crippen molar-refractivity contribution in [2.24, 2.45) is 0 Å². The average Bonchev–Trinajstić information content (AvgIpc) is 3.33. The summed E-state index contributed by atoms with van der Waals surface area (Å²) in [6, 6.07) is 40.4. The predicted molar refractivity (Wildman–Crippen MR) is 166 cm³/mol. The molecule has 5 aromatic rings. The summed E-state index contributed by atoms with van der Waals surface area (Å²) in [5.41, 5.74) is 15.4. The van der Waals surface area contributed by atoms with Gasteiger partial charge in [0, 0.05) is 27.9 Å². The molecule has 0 atom stereocenters. The van der Waals surface area contributed by atoms with E-state index in [0.717, 1.165) is 11.3 Å². The molecule has 0 heterocycles. The number of hydrogen-bond acceptors (Lipinski definition) is 1. The van der Waals surface area contributed by atoms with E-state index in [1.54, 1.807) is 0 Å². The van der Waals surface area contributed by atoms with Crippen molar-refractivity contribution in [1.82, 2.24) is 0 Å². The number of anilines is 3. The number of rotatable bonds is 4. The summed E-state index contributed by atoms with van der Waals surface area (Å²) >= 11 is 0. The number of benzene rings is 5. The molecule has 0 aromatic heterocycles. The summed E-state index contributed by atoms with van der Waals surface area (Å²) in [6.07, 6.45) is 1.90. The lowest BCUT2D eigenvalue weighted by Crippen LogP contribution is -2.18. The highest BCUT2D eigenvalue weighted by atomic mass is 15.1. The molecule has 0 spiro atoms. The molecule has 0 radical (unpaired) electrons. The van der Waals surface area contributed by atoms with Gasteiger partial charge in [-0.25, -0.2) is 0 Å². The lowest BCUT2D eigenvalue weighted by Gasteiger charge is -2.29. The quantitative estimate of drug-likeness (QED) is 0.236. The van der Waals surface area contributed by atoms with Crippen LogP contribution in [0.2, 0.25) is 0 Å². The van der Waals surface area contributed by atoms with Gasteiger partial charge in [-0.2, -0.15) is 0 Å². The van der Waals surface area contributed by atoms with Crippen LogP contribution in [0.1, 0.15) is 55.5 Å². The maximum absolute atomic E-state index is 3.96. The fourth-order valence-electron chi connectivity index (χ4n) is 6.87. The Kier molecular flexibility index (Phi) is 5.06. The van der Waals surface area contributed by atoms with Crippen molar-refractivity contribution in [3.05, 3.63) is 144 Å². The van der Waals surface area contributed by atoms with Crippen LogP contribution < -0.4 is 4.90 Å². The Labute approximate surface area is 232 Å². The van der Waals surface area contributed by atoms with E-state index in [2.05, 4.69) is 148 Å². The first-order valence-electron chi connectivity index (χ1n) is 13.8. The zero-order valence-corrected chi connectivity index (χ0v) is 23.1. The van der Waals surface area contributed by atoms with E-state index in [9.17, 15) is 0 Å². The zero-order chi connectivity index (χ0) is 26.9. The highest BCUT2D eigenvalue weighted by Crippen LogP contribution is 2.52. The topological polar surface area (TPSA) is 3.24 Å². The van der Waals surface area contributed by atoms with Gasteiger partial charge in [0.1, 0.15) is 0 Å². The minimum atomic E-state index is -0.0537. The molecule has 39 heavy (non-hydrogen) atoms. The van der Waals surface area contributed by atoms with Crippen LogP contribution in [-0.4, -0.2) is 0 Å². The SMILES string of the molecule is C=Cc1ccc(N(c2ccc3c(c2)C(C)(C)c2ccccc2-3)c2ccc3c(c2)C(C)(C)c2ccccc2-3)cc1. The molecule has 5 aromatic carbocycles. The number of fused-ring (bicyclic) bond motifs is 6. The van der Waals surface area contributed by atoms with Gasteiger partial charge < -0.3 is 4.90 Å². The Morgan fingerprint density at radius 1 is 0.487 bits per heavy atom. The van der Waals surface area contributed by atoms with Crippen molar-refractivity contribution >= 4 is 23.1 Å². The molecule has 1 nitrogen and oxygen atoms in total. The Morgan fingerprint density at radius 3 is 1.36 bits per heavy atom. The third-order valence-electron chi connectivity index (χ3n) is 9.04. The van der Waals surface area contributed by atoms with Crippen LogP contribution >= 0.6 is 0 Å². The van der Waals surface area contributed by atoms with E-state index in [1.165, 1.54) is 55.9 Å². The van der Waals surface area contributed by atoms with Crippen LogP contribution in [-0.2, 0) is 10.8 Å². The van der Waals surface area contributed by atoms with Crippen LogP contribution in [0, 0.1) is 0 Å². The molecule has 0 saturated heterocycles. The van der Waals surface area contributed by atoms with E-state index in [1.807, 2.05) is 6.08 Å². The van der Waals surface area contributed by atoms with E-state index >= 15 is 0 Å². The maximum Gasteiger partial charge on any atom is 0.0465 e. The molecule has 0 N–H and O–H groups in total. The number of nitrogens with zero attached hydrogens (tertiary/aromatic N) is 1. The molecule has 0 amide bonds. The van der Waals surface area contributed by atoms with E-state index in [4.69, 9.17) is 0 Å². The average molecular weight is 504 g/mol. The maximum atomic E-state index is 3.96. The predicted octanol–water partition coefficient (Wildman–Crippen LogP) is 10.4. The fraction of sp³-hybridized carbons (Fsp3) is 0.158. The van der Waals surface area contributed by atoms with E-state index in [0.29, 0.717) is 0 Å². The zero-order valence-electron chi connectivity index (χ0n) is 23.1. The molecule has 2 aliphatic rings. The minimum Gasteiger partial charge on any atom is -0.310 e. The standard InChI is InChI=1S/C38H33N/c1-6-25-15-17-26(18-16-25)39(27-19-21-31-29-11-7-9-13-33(29)37(2,3)35(31)23-27)28-20-22-32-30-12-8-10-14-34(30)38(4,5)36(32)24-28/h6-24H,1H2,2-5H3. The van der Waals surface area contributed by atoms with Gasteiger partial charge >= 0.3 is 0 Å². The molecule has 0 fully saturated rings. The van der Waals surface area contributed by atoms with Crippen molar-refractivity contribution in [2.45, 2.75) is 38.5 Å². The molecule has 0 saturated carbocycles. The van der Waals surface area contributed by atoms with Crippen LogP contribution in [0.4, 0.5) is 17.1 Å². The molecular weight excluding hydrogens is 470 g/mol. The van der Waals surface area contributed by atoms with Crippen molar-refractivity contribution in [3.63, 3.8) is 0 Å². The van der Waals surface area contributed by atoms with Gasteiger partial charge in [-0.05, 0) is 86.5 Å². The van der Waals surface area contributed by atoms with Gasteiger partial charge in [0.15, 0.2) is 0 Å². The van der Waals surface area contributed by atoms with E-state index in [-0.39, 0.29) is 10.8 Å². The lowest BCUT2D eigenvalue weighted by atomic mass is 9.82. The highest BCUT2D eigenvalue weighted by molar-refractivity contribution is 5.88. The molecular formula is C38H33N. The molecule has 0 unspecified atom stereocenters. The second kappa shape index (κ2) is 8.32. The summed E-state index contributed by atoms with van der Waals surface area (Å²) in [5, 5.41) is 0. The van der Waals surface area contributed by atoms with Gasteiger partial charge in [-0.15, -0.1) is 0 Å². The summed E-state index contributed by atoms with van der Waals surface area (Å²) < 4.78 is 0. The molecule has 0 bridgehead atoms. The van der Waals surface area contributed by atoms with E-state index < -0.39 is 0 Å². The van der Waals surface area contributed by atoms with Crippen molar-refractivity contribution in [3.8, 4) is 22.3 Å². The molecule has 1 heteroatoms. The molecule has 0 aliphatic heterocycles. The Bertz CT molecular complexity index is 1660. The fourth-order valence-corrected chi connectivity index (χ4v) is 6.87. The smallest absolute Gasteiger partial charge is 0.0465 e. The van der Waals surface area contributed by atoms with Gasteiger partial charge in [0.25, 0.3) is 0 Å². The van der Waals surface area contributed by atoms with Crippen molar-refractivity contribution < 1.29 is 0 Å². The summed E-state index contributed by atoms with van der Waals surface area (Å²) in [5.74, 6) is 0. The summed E-state index contributed by atoms with van der Waals surface area (Å²) in [4.78, 5) is 2.41. The molecule has 190 valence electrons. The minimum absolute atomic E-state index is 0.0537. The first-order valence-corrected chi connectivity index (χ1v) is 13.8. The second-order valence-electron chi connectivity index (χ2n) is 11.9. The highest BCUT2D eigenvalue weighted by Gasteiger charge is 2.37. The van der Waals surface area contributed by atoms with Crippen LogP contribution in [0.15, 0.2) is 116 Å². The number of hydrogen-bond donors (Lipinski definition) is 0. The Balaban J connectivity index is 1.42. The van der Waals surface area contributed by atoms with Crippen LogP contribution in [0.5, 0.6) is 0 Å².